The van der Waals surface area contributed by atoms with E-state index in [4.69, 9.17) is 5.73 Å². The van der Waals surface area contributed by atoms with Gasteiger partial charge in [0, 0.05) is 6.04 Å². The second-order valence-electron chi connectivity index (χ2n) is 4.62. The van der Waals surface area contributed by atoms with Crippen LogP contribution in [-0.4, -0.2) is 21.0 Å². The molecule has 2 unspecified atom stereocenters. The highest BCUT2D eigenvalue weighted by Gasteiger charge is 2.37. The predicted octanol–water partition coefficient (Wildman–Crippen LogP) is 1.97. The minimum Gasteiger partial charge on any atom is -0.330 e. The molecule has 0 spiro atoms. The number of nitrogens with two attached hydrogens (primary N) is 1. The van der Waals surface area contributed by atoms with Gasteiger partial charge < -0.3 is 5.73 Å². The number of sulfonamides is 1. The molecule has 0 saturated heterocycles. The van der Waals surface area contributed by atoms with Gasteiger partial charge in [0.15, 0.2) is 0 Å². The van der Waals surface area contributed by atoms with E-state index in [1.54, 1.807) is 13.8 Å². The third-order valence-corrected chi connectivity index (χ3v) is 4.67. The first-order valence-electron chi connectivity index (χ1n) is 5.98. The first-order valence-corrected chi connectivity index (χ1v) is 7.46. The monoisotopic (exact) mass is 310 g/mol. The number of hydrogen-bond acceptors (Lipinski definition) is 3. The highest BCUT2D eigenvalue weighted by molar-refractivity contribution is 7.89. The Hall–Kier alpha value is -1.12. The van der Waals surface area contributed by atoms with Crippen LogP contribution >= 0.6 is 0 Å². The molecule has 0 fully saturated rings. The quantitative estimate of drug-likeness (QED) is 0.873. The Bertz CT molecular complexity index is 558. The fraction of sp³-hybridized carbons (Fsp3) is 0.500. The van der Waals surface area contributed by atoms with Gasteiger partial charge in [0.25, 0.3) is 0 Å². The summed E-state index contributed by atoms with van der Waals surface area (Å²) in [5, 5.41) is 0. The summed E-state index contributed by atoms with van der Waals surface area (Å²) in [5.74, 6) is -0.192. The molecule has 4 nitrogen and oxygen atoms in total. The number of benzene rings is 1. The van der Waals surface area contributed by atoms with Crippen LogP contribution in [0.3, 0.4) is 0 Å². The molecular weight excluding hydrogens is 293 g/mol. The zero-order chi connectivity index (χ0) is 15.6. The van der Waals surface area contributed by atoms with Crippen molar-refractivity contribution in [1.29, 1.82) is 0 Å². The average molecular weight is 310 g/mol. The van der Waals surface area contributed by atoms with Crippen LogP contribution in [-0.2, 0) is 16.2 Å². The molecule has 0 bridgehead atoms. The second kappa shape index (κ2) is 6.11. The number of halogens is 3. The fourth-order valence-corrected chi connectivity index (χ4v) is 3.14. The lowest BCUT2D eigenvalue weighted by Crippen LogP contribution is -2.40. The minimum atomic E-state index is -4.73. The normalized spacial score (nSPS) is 15.9. The molecule has 114 valence electrons. The van der Waals surface area contributed by atoms with Crippen LogP contribution in [0.4, 0.5) is 13.2 Å². The maximum absolute atomic E-state index is 12.8. The maximum Gasteiger partial charge on any atom is 0.417 e. The molecule has 1 aromatic rings. The van der Waals surface area contributed by atoms with E-state index in [0.717, 1.165) is 18.2 Å². The molecule has 0 aliphatic rings. The number of rotatable bonds is 5. The van der Waals surface area contributed by atoms with Gasteiger partial charge in [-0.3, -0.25) is 0 Å². The van der Waals surface area contributed by atoms with Crippen molar-refractivity contribution >= 4 is 10.0 Å². The molecule has 0 radical (unpaired) electrons. The first kappa shape index (κ1) is 16.9. The van der Waals surface area contributed by atoms with E-state index in [1.165, 1.54) is 6.07 Å². The van der Waals surface area contributed by atoms with Crippen LogP contribution in [0.15, 0.2) is 29.2 Å². The molecule has 0 heterocycles. The zero-order valence-corrected chi connectivity index (χ0v) is 11.9. The summed E-state index contributed by atoms with van der Waals surface area (Å²) in [6.07, 6.45) is -4.73. The molecule has 0 aliphatic heterocycles. The van der Waals surface area contributed by atoms with Crippen LogP contribution in [0.2, 0.25) is 0 Å². The molecule has 1 aromatic carbocycles. The molecule has 0 saturated carbocycles. The third kappa shape index (κ3) is 3.94. The summed E-state index contributed by atoms with van der Waals surface area (Å²) in [5.41, 5.74) is 4.23. The first-order chi connectivity index (χ1) is 9.09. The molecule has 1 rings (SSSR count). The summed E-state index contributed by atoms with van der Waals surface area (Å²) < 4.78 is 64.9. The van der Waals surface area contributed by atoms with Gasteiger partial charge >= 0.3 is 6.18 Å². The Kier molecular flexibility index (Phi) is 5.17. The van der Waals surface area contributed by atoms with E-state index >= 15 is 0 Å². The zero-order valence-electron chi connectivity index (χ0n) is 11.1. The topological polar surface area (TPSA) is 72.2 Å². The van der Waals surface area contributed by atoms with Crippen molar-refractivity contribution in [2.75, 3.05) is 6.54 Å². The van der Waals surface area contributed by atoms with Crippen LogP contribution in [0.1, 0.15) is 19.4 Å². The number of alkyl halides is 3. The highest BCUT2D eigenvalue weighted by atomic mass is 32.2. The Morgan fingerprint density at radius 1 is 1.25 bits per heavy atom. The second-order valence-corrected chi connectivity index (χ2v) is 6.30. The molecule has 3 N–H and O–H groups in total. The van der Waals surface area contributed by atoms with Crippen molar-refractivity contribution in [3.8, 4) is 0 Å². The average Bonchev–Trinajstić information content (AvgIpc) is 2.36. The standard InChI is InChI=1S/C12H17F3N2O2S/c1-8(7-16)9(2)17-20(18,19)11-6-4-3-5-10(11)12(13,14)15/h3-6,8-9,17H,7,16H2,1-2H3. The molecule has 0 aliphatic carbocycles. The van der Waals surface area contributed by atoms with Gasteiger partial charge in [0.2, 0.25) is 10.0 Å². The Morgan fingerprint density at radius 2 is 1.80 bits per heavy atom. The predicted molar refractivity (Wildman–Crippen MR) is 69.4 cm³/mol. The summed E-state index contributed by atoms with van der Waals surface area (Å²) >= 11 is 0. The van der Waals surface area contributed by atoms with Gasteiger partial charge in [-0.25, -0.2) is 13.1 Å². The lowest BCUT2D eigenvalue weighted by atomic mass is 10.1. The highest BCUT2D eigenvalue weighted by Crippen LogP contribution is 2.33. The van der Waals surface area contributed by atoms with E-state index in [9.17, 15) is 21.6 Å². The molecule has 0 aromatic heterocycles. The van der Waals surface area contributed by atoms with Gasteiger partial charge in [-0.1, -0.05) is 19.1 Å². The largest absolute Gasteiger partial charge is 0.417 e. The molecular formula is C12H17F3N2O2S. The third-order valence-electron chi connectivity index (χ3n) is 3.05. The Morgan fingerprint density at radius 3 is 2.30 bits per heavy atom. The van der Waals surface area contributed by atoms with Crippen molar-refractivity contribution < 1.29 is 21.6 Å². The van der Waals surface area contributed by atoms with E-state index in [0.29, 0.717) is 0 Å². The Balaban J connectivity index is 3.17. The van der Waals surface area contributed by atoms with Crippen LogP contribution in [0.5, 0.6) is 0 Å². The molecule has 20 heavy (non-hydrogen) atoms. The number of nitrogens with one attached hydrogen (secondary N) is 1. The van der Waals surface area contributed by atoms with Crippen LogP contribution in [0, 0.1) is 5.92 Å². The van der Waals surface area contributed by atoms with Gasteiger partial charge in [-0.15, -0.1) is 0 Å². The van der Waals surface area contributed by atoms with E-state index in [-0.39, 0.29) is 12.5 Å². The van der Waals surface area contributed by atoms with Crippen molar-refractivity contribution in [1.82, 2.24) is 4.72 Å². The van der Waals surface area contributed by atoms with Crippen molar-refractivity contribution in [3.63, 3.8) is 0 Å². The van der Waals surface area contributed by atoms with Crippen molar-refractivity contribution in [3.05, 3.63) is 29.8 Å². The smallest absolute Gasteiger partial charge is 0.330 e. The van der Waals surface area contributed by atoms with Crippen LogP contribution in [0.25, 0.3) is 0 Å². The molecule has 2 atom stereocenters. The van der Waals surface area contributed by atoms with E-state index in [1.807, 2.05) is 0 Å². The van der Waals surface area contributed by atoms with E-state index in [2.05, 4.69) is 4.72 Å². The fourth-order valence-electron chi connectivity index (χ4n) is 1.56. The lowest BCUT2D eigenvalue weighted by molar-refractivity contribution is -0.139. The Labute approximate surface area is 116 Å². The van der Waals surface area contributed by atoms with Crippen molar-refractivity contribution in [2.45, 2.75) is 31.0 Å². The number of hydrogen-bond donors (Lipinski definition) is 2. The maximum atomic E-state index is 12.8. The summed E-state index contributed by atoms with van der Waals surface area (Å²) in [6, 6.07) is 3.51. The summed E-state index contributed by atoms with van der Waals surface area (Å²) in [6.45, 7) is 3.50. The van der Waals surface area contributed by atoms with Crippen LogP contribution < -0.4 is 10.5 Å². The van der Waals surface area contributed by atoms with Gasteiger partial charge in [0.05, 0.1) is 10.5 Å². The molecule has 0 amide bonds. The SMILES string of the molecule is CC(CN)C(C)NS(=O)(=O)c1ccccc1C(F)(F)F. The van der Waals surface area contributed by atoms with Gasteiger partial charge in [-0.2, -0.15) is 13.2 Å². The van der Waals surface area contributed by atoms with Crippen molar-refractivity contribution in [2.24, 2.45) is 11.7 Å². The molecule has 8 heteroatoms. The summed E-state index contributed by atoms with van der Waals surface area (Å²) in [4.78, 5) is -0.774. The van der Waals surface area contributed by atoms with Gasteiger partial charge in [0.1, 0.15) is 0 Å². The minimum absolute atomic E-state index is 0.192. The van der Waals surface area contributed by atoms with Gasteiger partial charge in [-0.05, 0) is 31.5 Å². The van der Waals surface area contributed by atoms with E-state index < -0.39 is 32.7 Å². The summed E-state index contributed by atoms with van der Waals surface area (Å²) in [7, 11) is -4.25. The lowest BCUT2D eigenvalue weighted by Gasteiger charge is -2.21.